The van der Waals surface area contributed by atoms with E-state index in [1.54, 1.807) is 11.3 Å². The van der Waals surface area contributed by atoms with Crippen molar-refractivity contribution in [1.29, 1.82) is 0 Å². The van der Waals surface area contributed by atoms with Gasteiger partial charge in [-0.05, 0) is 39.8 Å². The summed E-state index contributed by atoms with van der Waals surface area (Å²) in [4.78, 5) is 4.47. The van der Waals surface area contributed by atoms with E-state index in [9.17, 15) is 0 Å². The summed E-state index contributed by atoms with van der Waals surface area (Å²) in [5.74, 6) is 0. The summed E-state index contributed by atoms with van der Waals surface area (Å²) in [6, 6.07) is 4.02. The Kier molecular flexibility index (Phi) is 2.54. The summed E-state index contributed by atoms with van der Waals surface area (Å²) in [5.41, 5.74) is 8.79. The maximum atomic E-state index is 6.02. The Morgan fingerprint density at radius 3 is 2.62 bits per heavy atom. The highest BCUT2D eigenvalue weighted by Gasteiger charge is 2.13. The van der Waals surface area contributed by atoms with Gasteiger partial charge in [0.1, 0.15) is 0 Å². The molecule has 0 bridgehead atoms. The lowest BCUT2D eigenvalue weighted by Crippen LogP contribution is -2.26. The molecular formula is C12H17N3S. The summed E-state index contributed by atoms with van der Waals surface area (Å²) in [5, 5.41) is 4.46. The van der Waals surface area contributed by atoms with Crippen molar-refractivity contribution in [2.75, 3.05) is 11.1 Å². The van der Waals surface area contributed by atoms with Gasteiger partial charge in [0.25, 0.3) is 0 Å². The normalized spacial score (nSPS) is 12.0. The minimum absolute atomic E-state index is 0.00681. The molecule has 0 aliphatic rings. The highest BCUT2D eigenvalue weighted by Crippen LogP contribution is 2.31. The second-order valence-electron chi connectivity index (χ2n) is 5.02. The lowest BCUT2D eigenvalue weighted by atomic mass is 10.1. The highest BCUT2D eigenvalue weighted by molar-refractivity contribution is 7.18. The molecule has 86 valence electrons. The second kappa shape index (κ2) is 3.63. The molecule has 3 nitrogen and oxygen atoms in total. The quantitative estimate of drug-likeness (QED) is 0.745. The summed E-state index contributed by atoms with van der Waals surface area (Å²) < 4.78 is 1.15. The lowest BCUT2D eigenvalue weighted by molar-refractivity contribution is 0.634. The summed E-state index contributed by atoms with van der Waals surface area (Å²) >= 11 is 1.67. The van der Waals surface area contributed by atoms with E-state index >= 15 is 0 Å². The molecular weight excluding hydrogens is 218 g/mol. The maximum absolute atomic E-state index is 6.02. The van der Waals surface area contributed by atoms with Crippen LogP contribution in [0.1, 0.15) is 25.8 Å². The minimum Gasteiger partial charge on any atom is -0.397 e. The predicted octanol–water partition coefficient (Wildman–Crippen LogP) is 3.40. The number of benzene rings is 1. The molecule has 0 atom stereocenters. The number of anilines is 2. The molecule has 1 heterocycles. The predicted molar refractivity (Wildman–Crippen MR) is 72.1 cm³/mol. The average Bonchev–Trinajstić information content (AvgIpc) is 2.42. The smallest absolute Gasteiger partial charge is 0.0907 e. The summed E-state index contributed by atoms with van der Waals surface area (Å²) in [6.45, 7) is 8.35. The van der Waals surface area contributed by atoms with Gasteiger partial charge in [-0.15, -0.1) is 11.3 Å². The fraction of sp³-hybridized carbons (Fsp3) is 0.417. The molecule has 0 aliphatic heterocycles. The molecule has 0 radical (unpaired) electrons. The molecule has 1 aromatic carbocycles. The second-order valence-corrected chi connectivity index (χ2v) is 6.25. The number of nitrogen functional groups attached to an aromatic ring is 1. The SMILES string of the molecule is Cc1nc2cc(NC(C)(C)C)c(N)cc2s1. The van der Waals surface area contributed by atoms with Crippen LogP contribution in [-0.4, -0.2) is 10.5 Å². The molecule has 2 aromatic rings. The number of hydrogen-bond acceptors (Lipinski definition) is 4. The summed E-state index contributed by atoms with van der Waals surface area (Å²) in [7, 11) is 0. The molecule has 4 heteroatoms. The van der Waals surface area contributed by atoms with E-state index in [-0.39, 0.29) is 5.54 Å². The van der Waals surface area contributed by atoms with Gasteiger partial charge in [0.05, 0.1) is 26.6 Å². The van der Waals surface area contributed by atoms with Crippen LogP contribution in [0.15, 0.2) is 12.1 Å². The monoisotopic (exact) mass is 235 g/mol. The fourth-order valence-corrected chi connectivity index (χ4v) is 2.47. The molecule has 16 heavy (non-hydrogen) atoms. The van der Waals surface area contributed by atoms with E-state index in [1.165, 1.54) is 0 Å². The van der Waals surface area contributed by atoms with Gasteiger partial charge < -0.3 is 11.1 Å². The zero-order valence-corrected chi connectivity index (χ0v) is 10.9. The fourth-order valence-electron chi connectivity index (χ4n) is 1.62. The topological polar surface area (TPSA) is 50.9 Å². The Hall–Kier alpha value is -1.29. The van der Waals surface area contributed by atoms with Gasteiger partial charge in [-0.2, -0.15) is 0 Å². The van der Waals surface area contributed by atoms with Gasteiger partial charge in [-0.1, -0.05) is 0 Å². The van der Waals surface area contributed by atoms with E-state index in [0.717, 1.165) is 26.6 Å². The third kappa shape index (κ3) is 2.27. The number of nitrogens with zero attached hydrogens (tertiary/aromatic N) is 1. The molecule has 1 aromatic heterocycles. The molecule has 0 fully saturated rings. The molecule has 2 rings (SSSR count). The number of hydrogen-bond donors (Lipinski definition) is 2. The van der Waals surface area contributed by atoms with Gasteiger partial charge in [0.2, 0.25) is 0 Å². The van der Waals surface area contributed by atoms with Crippen molar-refractivity contribution < 1.29 is 0 Å². The van der Waals surface area contributed by atoms with Crippen LogP contribution in [-0.2, 0) is 0 Å². The summed E-state index contributed by atoms with van der Waals surface area (Å²) in [6.07, 6.45) is 0. The Morgan fingerprint density at radius 2 is 2.00 bits per heavy atom. The van der Waals surface area contributed by atoms with E-state index < -0.39 is 0 Å². The van der Waals surface area contributed by atoms with Crippen molar-refractivity contribution in [3.05, 3.63) is 17.1 Å². The van der Waals surface area contributed by atoms with Crippen molar-refractivity contribution in [3.63, 3.8) is 0 Å². The maximum Gasteiger partial charge on any atom is 0.0907 e. The van der Waals surface area contributed by atoms with Gasteiger partial charge >= 0.3 is 0 Å². The first-order valence-electron chi connectivity index (χ1n) is 5.30. The van der Waals surface area contributed by atoms with Crippen LogP contribution in [0.5, 0.6) is 0 Å². The van der Waals surface area contributed by atoms with Crippen LogP contribution in [0.2, 0.25) is 0 Å². The number of nitrogens with one attached hydrogen (secondary N) is 1. The van der Waals surface area contributed by atoms with Crippen molar-refractivity contribution in [2.45, 2.75) is 33.2 Å². The lowest BCUT2D eigenvalue weighted by Gasteiger charge is -2.23. The first-order valence-corrected chi connectivity index (χ1v) is 6.12. The molecule has 0 saturated carbocycles. The van der Waals surface area contributed by atoms with E-state index in [4.69, 9.17) is 5.73 Å². The largest absolute Gasteiger partial charge is 0.397 e. The third-order valence-corrected chi connectivity index (χ3v) is 3.11. The number of thiazole rings is 1. The van der Waals surface area contributed by atoms with Crippen molar-refractivity contribution in [3.8, 4) is 0 Å². The first-order chi connectivity index (χ1) is 7.35. The van der Waals surface area contributed by atoms with E-state index in [1.807, 2.05) is 19.1 Å². The Balaban J connectivity index is 2.49. The van der Waals surface area contributed by atoms with Gasteiger partial charge in [0.15, 0.2) is 0 Å². The Labute approximate surface area is 99.7 Å². The van der Waals surface area contributed by atoms with Crippen LogP contribution in [0.4, 0.5) is 11.4 Å². The van der Waals surface area contributed by atoms with Gasteiger partial charge in [-0.3, -0.25) is 0 Å². The third-order valence-electron chi connectivity index (χ3n) is 2.18. The number of aromatic nitrogens is 1. The van der Waals surface area contributed by atoms with Crippen LogP contribution in [0, 0.1) is 6.92 Å². The average molecular weight is 235 g/mol. The van der Waals surface area contributed by atoms with E-state index in [2.05, 4.69) is 31.1 Å². The van der Waals surface area contributed by atoms with Gasteiger partial charge in [0, 0.05) is 5.54 Å². The molecule has 0 unspecified atom stereocenters. The van der Waals surface area contributed by atoms with Crippen molar-refractivity contribution in [2.24, 2.45) is 0 Å². The van der Waals surface area contributed by atoms with Crippen molar-refractivity contribution in [1.82, 2.24) is 4.98 Å². The van der Waals surface area contributed by atoms with Crippen LogP contribution >= 0.6 is 11.3 Å². The zero-order valence-electron chi connectivity index (χ0n) is 10.1. The van der Waals surface area contributed by atoms with Gasteiger partial charge in [-0.25, -0.2) is 4.98 Å². The molecule has 0 amide bonds. The first kappa shape index (κ1) is 11.2. The number of aryl methyl sites for hydroxylation is 1. The number of fused-ring (bicyclic) bond motifs is 1. The molecule has 0 aliphatic carbocycles. The molecule has 0 spiro atoms. The highest BCUT2D eigenvalue weighted by atomic mass is 32.1. The zero-order chi connectivity index (χ0) is 11.9. The van der Waals surface area contributed by atoms with Crippen LogP contribution < -0.4 is 11.1 Å². The van der Waals surface area contributed by atoms with E-state index in [0.29, 0.717) is 0 Å². The number of nitrogens with two attached hydrogens (primary N) is 1. The molecule has 0 saturated heterocycles. The van der Waals surface area contributed by atoms with Crippen molar-refractivity contribution >= 4 is 32.9 Å². The molecule has 3 N–H and O–H groups in total. The minimum atomic E-state index is 0.00681. The van der Waals surface area contributed by atoms with Crippen LogP contribution in [0.25, 0.3) is 10.2 Å². The standard InChI is InChI=1S/C12H17N3S/c1-7-14-10-6-9(15-12(2,3)4)8(13)5-11(10)16-7/h5-6,15H,13H2,1-4H3. The Bertz CT molecular complexity index is 523. The van der Waals surface area contributed by atoms with Crippen LogP contribution in [0.3, 0.4) is 0 Å². The Morgan fingerprint density at radius 1 is 1.31 bits per heavy atom. The number of rotatable bonds is 1.